The van der Waals surface area contributed by atoms with Gasteiger partial charge in [-0.2, -0.15) is 0 Å². The molecule has 1 N–H and O–H groups in total. The molecule has 0 aromatic carbocycles. The van der Waals surface area contributed by atoms with Crippen molar-refractivity contribution in [2.24, 2.45) is 5.92 Å². The second kappa shape index (κ2) is 5.52. The molecular weight excluding hydrogens is 234 g/mol. The van der Waals surface area contributed by atoms with Gasteiger partial charge in [0.1, 0.15) is 11.3 Å². The van der Waals surface area contributed by atoms with Crippen LogP contribution in [-0.4, -0.2) is 29.4 Å². The van der Waals surface area contributed by atoms with Gasteiger partial charge in [0, 0.05) is 25.6 Å². The topological polar surface area (TPSA) is 72.6 Å². The van der Waals surface area contributed by atoms with E-state index in [1.165, 1.54) is 0 Å². The Morgan fingerprint density at radius 3 is 2.67 bits per heavy atom. The molecule has 0 amide bonds. The van der Waals surface area contributed by atoms with Crippen LogP contribution < -0.4 is 0 Å². The molecule has 0 unspecified atom stereocenters. The second-order valence-corrected chi connectivity index (χ2v) is 5.16. The molecular formula is C13H19NO4. The van der Waals surface area contributed by atoms with E-state index in [4.69, 9.17) is 9.26 Å². The van der Waals surface area contributed by atoms with Gasteiger partial charge in [-0.25, -0.2) is 4.79 Å². The van der Waals surface area contributed by atoms with E-state index in [-0.39, 0.29) is 11.5 Å². The van der Waals surface area contributed by atoms with Crippen molar-refractivity contribution in [3.63, 3.8) is 0 Å². The van der Waals surface area contributed by atoms with Crippen LogP contribution in [-0.2, 0) is 11.2 Å². The number of hydrogen-bond acceptors (Lipinski definition) is 4. The lowest BCUT2D eigenvalue weighted by molar-refractivity contribution is 0.0683. The highest BCUT2D eigenvalue weighted by molar-refractivity contribution is 5.90. The Balaban J connectivity index is 2.29. The number of carbonyl (C=O) groups is 1. The van der Waals surface area contributed by atoms with Crippen LogP contribution in [0.2, 0.25) is 0 Å². The molecule has 1 fully saturated rings. The summed E-state index contributed by atoms with van der Waals surface area (Å²) in [5, 5.41) is 13.4. The fourth-order valence-corrected chi connectivity index (χ4v) is 2.33. The largest absolute Gasteiger partial charge is 0.477 e. The molecule has 18 heavy (non-hydrogen) atoms. The number of carboxylic acid groups (broad SMARTS) is 1. The van der Waals surface area contributed by atoms with Crippen LogP contribution in [0.5, 0.6) is 0 Å². The Hall–Kier alpha value is -1.36. The molecule has 1 aliphatic heterocycles. The summed E-state index contributed by atoms with van der Waals surface area (Å²) in [6, 6.07) is 0. The summed E-state index contributed by atoms with van der Waals surface area (Å²) in [5.41, 5.74) is 0.872. The van der Waals surface area contributed by atoms with E-state index >= 15 is 0 Å². The summed E-state index contributed by atoms with van der Waals surface area (Å²) in [4.78, 5) is 11.4. The third-order valence-corrected chi connectivity index (χ3v) is 3.20. The fourth-order valence-electron chi connectivity index (χ4n) is 2.33. The quantitative estimate of drug-likeness (QED) is 0.892. The van der Waals surface area contributed by atoms with Gasteiger partial charge < -0.3 is 14.4 Å². The second-order valence-electron chi connectivity index (χ2n) is 5.16. The highest BCUT2D eigenvalue weighted by atomic mass is 16.5. The summed E-state index contributed by atoms with van der Waals surface area (Å²) >= 11 is 0. The Kier molecular flexibility index (Phi) is 4.01. The summed E-state index contributed by atoms with van der Waals surface area (Å²) in [6.07, 6.45) is 2.24. The summed E-state index contributed by atoms with van der Waals surface area (Å²) in [7, 11) is 0. The number of carboxylic acids is 1. The van der Waals surface area contributed by atoms with Crippen LogP contribution in [0.4, 0.5) is 0 Å². The number of aromatic carboxylic acids is 1. The molecule has 2 heterocycles. The van der Waals surface area contributed by atoms with E-state index in [1.54, 1.807) is 0 Å². The Labute approximate surface area is 106 Å². The zero-order valence-corrected chi connectivity index (χ0v) is 10.8. The van der Waals surface area contributed by atoms with Crippen molar-refractivity contribution in [1.82, 2.24) is 5.16 Å². The third-order valence-electron chi connectivity index (χ3n) is 3.20. The van der Waals surface area contributed by atoms with E-state index in [1.807, 2.05) is 13.8 Å². The van der Waals surface area contributed by atoms with Crippen molar-refractivity contribution in [3.8, 4) is 0 Å². The van der Waals surface area contributed by atoms with E-state index in [0.717, 1.165) is 12.8 Å². The highest BCUT2D eigenvalue weighted by Gasteiger charge is 2.29. The van der Waals surface area contributed by atoms with Crippen molar-refractivity contribution < 1.29 is 19.2 Å². The van der Waals surface area contributed by atoms with Crippen molar-refractivity contribution >= 4 is 5.97 Å². The fraction of sp³-hybridized carbons (Fsp3) is 0.692. The lowest BCUT2D eigenvalue weighted by Crippen LogP contribution is -2.17. The van der Waals surface area contributed by atoms with Crippen LogP contribution in [0, 0.1) is 5.92 Å². The molecule has 1 saturated heterocycles. The van der Waals surface area contributed by atoms with E-state index < -0.39 is 5.97 Å². The van der Waals surface area contributed by atoms with Crippen LogP contribution in [0.25, 0.3) is 0 Å². The SMILES string of the molecule is CC(C)Cc1onc(C2CCOCC2)c1C(=O)O. The smallest absolute Gasteiger partial charge is 0.341 e. The number of ether oxygens (including phenoxy) is 1. The van der Waals surface area contributed by atoms with Crippen LogP contribution in [0.3, 0.4) is 0 Å². The molecule has 0 bridgehead atoms. The first-order valence-electron chi connectivity index (χ1n) is 6.39. The maximum atomic E-state index is 11.4. The molecule has 5 nitrogen and oxygen atoms in total. The van der Waals surface area contributed by atoms with Gasteiger partial charge in [-0.3, -0.25) is 0 Å². The standard InChI is InChI=1S/C13H19NO4/c1-8(2)7-10-11(13(15)16)12(14-18-10)9-3-5-17-6-4-9/h8-9H,3-7H2,1-2H3,(H,15,16). The molecule has 0 atom stereocenters. The van der Waals surface area contributed by atoms with Crippen LogP contribution in [0.15, 0.2) is 4.52 Å². The van der Waals surface area contributed by atoms with Gasteiger partial charge >= 0.3 is 5.97 Å². The molecule has 1 aromatic heterocycles. The Morgan fingerprint density at radius 1 is 1.44 bits per heavy atom. The number of nitrogens with zero attached hydrogens (tertiary/aromatic N) is 1. The minimum atomic E-state index is -0.937. The zero-order valence-electron chi connectivity index (χ0n) is 10.8. The number of hydrogen-bond donors (Lipinski definition) is 1. The average molecular weight is 253 g/mol. The van der Waals surface area contributed by atoms with Gasteiger partial charge in [0.25, 0.3) is 0 Å². The molecule has 1 aliphatic rings. The van der Waals surface area contributed by atoms with Gasteiger partial charge in [-0.05, 0) is 18.8 Å². The maximum absolute atomic E-state index is 11.4. The lowest BCUT2D eigenvalue weighted by atomic mass is 9.92. The van der Waals surface area contributed by atoms with Gasteiger partial charge in [0.2, 0.25) is 0 Å². The van der Waals surface area contributed by atoms with Crippen molar-refractivity contribution in [1.29, 1.82) is 0 Å². The normalized spacial score (nSPS) is 17.3. The molecule has 1 aromatic rings. The highest BCUT2D eigenvalue weighted by Crippen LogP contribution is 2.31. The zero-order chi connectivity index (χ0) is 13.1. The van der Waals surface area contributed by atoms with Crippen molar-refractivity contribution in [3.05, 3.63) is 17.0 Å². The summed E-state index contributed by atoms with van der Waals surface area (Å²) in [6.45, 7) is 5.39. The first kappa shape index (κ1) is 13.1. The maximum Gasteiger partial charge on any atom is 0.341 e. The molecule has 5 heteroatoms. The number of rotatable bonds is 4. The molecule has 0 spiro atoms. The first-order chi connectivity index (χ1) is 8.59. The van der Waals surface area contributed by atoms with Crippen molar-refractivity contribution in [2.75, 3.05) is 13.2 Å². The molecule has 0 saturated carbocycles. The molecule has 100 valence electrons. The number of aromatic nitrogens is 1. The predicted octanol–water partition coefficient (Wildman–Crippen LogP) is 2.47. The van der Waals surface area contributed by atoms with Gasteiger partial charge in [-0.1, -0.05) is 19.0 Å². The summed E-state index contributed by atoms with van der Waals surface area (Å²) in [5.74, 6) is 0.0560. The molecule has 2 rings (SSSR count). The monoisotopic (exact) mass is 253 g/mol. The first-order valence-corrected chi connectivity index (χ1v) is 6.39. The summed E-state index contributed by atoms with van der Waals surface area (Å²) < 4.78 is 10.5. The Bertz CT molecular complexity index is 419. The van der Waals surface area contributed by atoms with E-state index in [9.17, 15) is 9.90 Å². The average Bonchev–Trinajstić information content (AvgIpc) is 2.73. The Morgan fingerprint density at radius 2 is 2.11 bits per heavy atom. The van der Waals surface area contributed by atoms with Gasteiger partial charge in [-0.15, -0.1) is 0 Å². The third kappa shape index (κ3) is 2.72. The van der Waals surface area contributed by atoms with Crippen molar-refractivity contribution in [2.45, 2.75) is 39.0 Å². The molecule has 0 radical (unpaired) electrons. The van der Waals surface area contributed by atoms with Crippen LogP contribution >= 0.6 is 0 Å². The van der Waals surface area contributed by atoms with E-state index in [0.29, 0.717) is 37.0 Å². The van der Waals surface area contributed by atoms with Gasteiger partial charge in [0.05, 0.1) is 0 Å². The van der Waals surface area contributed by atoms with Gasteiger partial charge in [0.15, 0.2) is 5.76 Å². The lowest BCUT2D eigenvalue weighted by Gasteiger charge is -2.20. The minimum Gasteiger partial charge on any atom is -0.477 e. The minimum absolute atomic E-state index is 0.148. The molecule has 0 aliphatic carbocycles. The van der Waals surface area contributed by atoms with Crippen LogP contribution in [0.1, 0.15) is 54.4 Å². The predicted molar refractivity (Wildman–Crippen MR) is 64.8 cm³/mol. The van der Waals surface area contributed by atoms with E-state index in [2.05, 4.69) is 5.16 Å².